The van der Waals surface area contributed by atoms with Crippen molar-refractivity contribution in [2.45, 2.75) is 19.4 Å². The number of nitrogens with one attached hydrogen (secondary N) is 1. The van der Waals surface area contributed by atoms with Crippen molar-refractivity contribution in [3.8, 4) is 0 Å². The van der Waals surface area contributed by atoms with Crippen LogP contribution in [0.4, 0.5) is 0 Å². The summed E-state index contributed by atoms with van der Waals surface area (Å²) in [6.07, 6.45) is 1.07. The van der Waals surface area contributed by atoms with E-state index in [9.17, 15) is 9.59 Å². The van der Waals surface area contributed by atoms with Crippen LogP contribution in [0.25, 0.3) is 0 Å². The highest BCUT2D eigenvalue weighted by Gasteiger charge is 2.31. The van der Waals surface area contributed by atoms with Gasteiger partial charge in [0.1, 0.15) is 0 Å². The molecule has 1 aliphatic rings. The van der Waals surface area contributed by atoms with Crippen LogP contribution in [0.2, 0.25) is 0 Å². The van der Waals surface area contributed by atoms with Gasteiger partial charge in [-0.15, -0.1) is 12.4 Å². The molecule has 1 aliphatic heterocycles. The maximum Gasteiger partial charge on any atom is 0.228 e. The average molecular weight is 312 g/mol. The van der Waals surface area contributed by atoms with Crippen LogP contribution in [-0.2, 0) is 16.1 Å². The molecule has 0 aromatic heterocycles. The summed E-state index contributed by atoms with van der Waals surface area (Å²) in [5.74, 6) is -0.230. The number of hydrogen-bond donors (Lipinski definition) is 2. The monoisotopic (exact) mass is 311 g/mol. The number of carbonyl (C=O) groups excluding carboxylic acids is 2. The van der Waals surface area contributed by atoms with Crippen molar-refractivity contribution in [1.82, 2.24) is 10.2 Å². The third-order valence-corrected chi connectivity index (χ3v) is 3.49. The fourth-order valence-electron chi connectivity index (χ4n) is 2.39. The molecule has 0 bridgehead atoms. The Bertz CT molecular complexity index is 467. The topological polar surface area (TPSA) is 75.4 Å². The van der Waals surface area contributed by atoms with Crippen LogP contribution in [0, 0.1) is 5.92 Å². The number of carbonyl (C=O) groups is 2. The maximum atomic E-state index is 12.5. The second-order valence-electron chi connectivity index (χ2n) is 5.09. The molecule has 5 nitrogen and oxygen atoms in total. The van der Waals surface area contributed by atoms with E-state index >= 15 is 0 Å². The van der Waals surface area contributed by atoms with Crippen LogP contribution < -0.4 is 11.1 Å². The number of hydrogen-bond acceptors (Lipinski definition) is 3. The summed E-state index contributed by atoms with van der Waals surface area (Å²) in [5, 5.41) is 2.71. The predicted octanol–water partition coefficient (Wildman–Crippen LogP) is 0.922. The molecule has 3 N–H and O–H groups in total. The number of rotatable bonds is 6. The Hall–Kier alpha value is -1.59. The zero-order chi connectivity index (χ0) is 14.4. The summed E-state index contributed by atoms with van der Waals surface area (Å²) in [6, 6.07) is 9.87. The lowest BCUT2D eigenvalue weighted by Gasteiger charge is -2.25. The predicted molar refractivity (Wildman–Crippen MR) is 83.9 cm³/mol. The van der Waals surface area contributed by atoms with Crippen molar-refractivity contribution in [3.63, 3.8) is 0 Å². The zero-order valence-corrected chi connectivity index (χ0v) is 12.8. The minimum Gasteiger partial charge on any atom is -0.355 e. The smallest absolute Gasteiger partial charge is 0.228 e. The highest BCUT2D eigenvalue weighted by Crippen LogP contribution is 2.15. The molecule has 1 unspecified atom stereocenters. The number of benzene rings is 1. The highest BCUT2D eigenvalue weighted by molar-refractivity contribution is 5.89. The molecule has 116 valence electrons. The summed E-state index contributed by atoms with van der Waals surface area (Å²) in [6.45, 7) is 2.21. The molecule has 2 amide bonds. The lowest BCUT2D eigenvalue weighted by Crippen LogP contribution is -2.37. The molecule has 1 fully saturated rings. The van der Waals surface area contributed by atoms with E-state index in [0.717, 1.165) is 12.0 Å². The van der Waals surface area contributed by atoms with Gasteiger partial charge < -0.3 is 16.0 Å². The van der Waals surface area contributed by atoms with E-state index in [4.69, 9.17) is 5.73 Å². The number of nitrogens with zero attached hydrogens (tertiary/aromatic N) is 1. The van der Waals surface area contributed by atoms with E-state index in [1.54, 1.807) is 0 Å². The molecule has 1 aromatic rings. The first kappa shape index (κ1) is 17.5. The van der Waals surface area contributed by atoms with Gasteiger partial charge >= 0.3 is 0 Å². The average Bonchev–Trinajstić information content (AvgIpc) is 2.90. The fraction of sp³-hybridized carbons (Fsp3) is 0.467. The van der Waals surface area contributed by atoms with Crippen molar-refractivity contribution in [1.29, 1.82) is 0 Å². The van der Waals surface area contributed by atoms with Gasteiger partial charge in [-0.25, -0.2) is 0 Å². The summed E-state index contributed by atoms with van der Waals surface area (Å²) in [4.78, 5) is 25.6. The molecule has 6 heteroatoms. The fourth-order valence-corrected chi connectivity index (χ4v) is 2.39. The van der Waals surface area contributed by atoms with Gasteiger partial charge in [0.15, 0.2) is 0 Å². The van der Waals surface area contributed by atoms with Gasteiger partial charge in [-0.05, 0) is 18.5 Å². The second-order valence-corrected chi connectivity index (χ2v) is 5.09. The third-order valence-electron chi connectivity index (χ3n) is 3.49. The summed E-state index contributed by atoms with van der Waals surface area (Å²) < 4.78 is 0. The minimum atomic E-state index is -0.232. The molecule has 2 rings (SSSR count). The quantitative estimate of drug-likeness (QED) is 0.820. The van der Waals surface area contributed by atoms with Crippen LogP contribution in [-0.4, -0.2) is 36.3 Å². The first-order valence-corrected chi connectivity index (χ1v) is 7.00. The molecule has 21 heavy (non-hydrogen) atoms. The van der Waals surface area contributed by atoms with Crippen molar-refractivity contribution < 1.29 is 9.59 Å². The van der Waals surface area contributed by atoms with Gasteiger partial charge in [0, 0.05) is 26.1 Å². The molecule has 0 aliphatic carbocycles. The summed E-state index contributed by atoms with van der Waals surface area (Å²) in [5.41, 5.74) is 6.63. The van der Waals surface area contributed by atoms with E-state index < -0.39 is 0 Å². The van der Waals surface area contributed by atoms with E-state index in [1.807, 2.05) is 35.2 Å². The van der Waals surface area contributed by atoms with Crippen LogP contribution in [0.3, 0.4) is 0 Å². The van der Waals surface area contributed by atoms with Gasteiger partial charge in [-0.1, -0.05) is 30.3 Å². The van der Waals surface area contributed by atoms with Crippen LogP contribution in [0.5, 0.6) is 0 Å². The molecule has 0 saturated carbocycles. The van der Waals surface area contributed by atoms with E-state index in [0.29, 0.717) is 32.6 Å². The lowest BCUT2D eigenvalue weighted by atomic mass is 10.1. The lowest BCUT2D eigenvalue weighted by molar-refractivity contribution is -0.136. The standard InChI is InChI=1S/C15H21N3O2.ClH/c16-7-4-8-18(11-12-5-2-1-3-6-12)15(20)13-9-14(19)17-10-13;/h1-3,5-6,13H,4,7-11,16H2,(H,17,19);1H. The Morgan fingerprint density at radius 1 is 1.33 bits per heavy atom. The van der Waals surface area contributed by atoms with Gasteiger partial charge in [0.25, 0.3) is 0 Å². The highest BCUT2D eigenvalue weighted by atomic mass is 35.5. The third kappa shape index (κ3) is 5.02. The van der Waals surface area contributed by atoms with Crippen LogP contribution >= 0.6 is 12.4 Å². The van der Waals surface area contributed by atoms with Gasteiger partial charge in [0.05, 0.1) is 5.92 Å². The Morgan fingerprint density at radius 2 is 2.05 bits per heavy atom. The van der Waals surface area contributed by atoms with E-state index in [-0.39, 0.29) is 30.1 Å². The van der Waals surface area contributed by atoms with E-state index in [2.05, 4.69) is 5.32 Å². The van der Waals surface area contributed by atoms with Gasteiger partial charge in [-0.2, -0.15) is 0 Å². The first-order chi connectivity index (χ1) is 9.70. The molecule has 1 saturated heterocycles. The number of nitrogens with two attached hydrogens (primary N) is 1. The van der Waals surface area contributed by atoms with Crippen molar-refractivity contribution in [2.75, 3.05) is 19.6 Å². The van der Waals surface area contributed by atoms with E-state index in [1.165, 1.54) is 0 Å². The van der Waals surface area contributed by atoms with Crippen LogP contribution in [0.1, 0.15) is 18.4 Å². The van der Waals surface area contributed by atoms with Crippen molar-refractivity contribution in [2.24, 2.45) is 11.7 Å². The largest absolute Gasteiger partial charge is 0.355 e. The summed E-state index contributed by atoms with van der Waals surface area (Å²) >= 11 is 0. The normalized spacial score (nSPS) is 17.0. The molecular weight excluding hydrogens is 290 g/mol. The second kappa shape index (κ2) is 8.64. The zero-order valence-electron chi connectivity index (χ0n) is 12.0. The molecule has 1 aromatic carbocycles. The Balaban J connectivity index is 0.00000220. The number of halogens is 1. The minimum absolute atomic E-state index is 0. The van der Waals surface area contributed by atoms with Crippen LogP contribution in [0.15, 0.2) is 30.3 Å². The molecule has 0 radical (unpaired) electrons. The Labute approximate surface area is 131 Å². The van der Waals surface area contributed by atoms with Crippen molar-refractivity contribution >= 4 is 24.2 Å². The number of amides is 2. The maximum absolute atomic E-state index is 12.5. The van der Waals surface area contributed by atoms with Crippen molar-refractivity contribution in [3.05, 3.63) is 35.9 Å². The Morgan fingerprint density at radius 3 is 2.62 bits per heavy atom. The SMILES string of the molecule is Cl.NCCCN(Cc1ccccc1)C(=O)C1CNC(=O)C1. The first-order valence-electron chi connectivity index (χ1n) is 7.00. The molecule has 1 heterocycles. The van der Waals surface area contributed by atoms with Gasteiger partial charge in [-0.3, -0.25) is 9.59 Å². The Kier molecular flexibility index (Phi) is 7.19. The van der Waals surface area contributed by atoms with Gasteiger partial charge in [0.2, 0.25) is 11.8 Å². The molecule has 1 atom stereocenters. The molecular formula is C15H22ClN3O2. The summed E-state index contributed by atoms with van der Waals surface area (Å²) in [7, 11) is 0. The molecule has 0 spiro atoms.